The SMILES string of the molecule is Cc1cc(Br)cc(N)c1OCC(=O)NC(C)C. The number of benzene rings is 1. The fraction of sp³-hybridized carbons (Fsp3) is 0.417. The van der Waals surface area contributed by atoms with Crippen LogP contribution in [-0.2, 0) is 4.79 Å². The Morgan fingerprint density at radius 2 is 2.18 bits per heavy atom. The minimum atomic E-state index is -0.151. The van der Waals surface area contributed by atoms with Crippen molar-refractivity contribution in [3.8, 4) is 5.75 Å². The second kappa shape index (κ2) is 5.91. The van der Waals surface area contributed by atoms with Crippen molar-refractivity contribution >= 4 is 27.5 Å². The monoisotopic (exact) mass is 300 g/mol. The fourth-order valence-corrected chi connectivity index (χ4v) is 2.04. The van der Waals surface area contributed by atoms with E-state index >= 15 is 0 Å². The number of halogens is 1. The van der Waals surface area contributed by atoms with Gasteiger partial charge >= 0.3 is 0 Å². The first-order valence-corrected chi connectivity index (χ1v) is 6.17. The molecule has 94 valence electrons. The van der Waals surface area contributed by atoms with Gasteiger partial charge in [-0.3, -0.25) is 4.79 Å². The number of carbonyl (C=O) groups excluding carboxylic acids is 1. The average molecular weight is 301 g/mol. The molecule has 0 aromatic heterocycles. The number of anilines is 1. The maximum Gasteiger partial charge on any atom is 0.258 e. The molecule has 0 radical (unpaired) electrons. The zero-order chi connectivity index (χ0) is 13.0. The van der Waals surface area contributed by atoms with Crippen molar-refractivity contribution in [2.45, 2.75) is 26.8 Å². The summed E-state index contributed by atoms with van der Waals surface area (Å²) in [4.78, 5) is 11.4. The summed E-state index contributed by atoms with van der Waals surface area (Å²) in [5, 5.41) is 2.75. The minimum Gasteiger partial charge on any atom is -0.481 e. The molecule has 5 heteroatoms. The van der Waals surface area contributed by atoms with Gasteiger partial charge in [-0.05, 0) is 38.5 Å². The van der Waals surface area contributed by atoms with Crippen LogP contribution < -0.4 is 15.8 Å². The van der Waals surface area contributed by atoms with Gasteiger partial charge in [0.15, 0.2) is 6.61 Å². The number of amides is 1. The second-order valence-corrected chi connectivity index (χ2v) is 5.07. The summed E-state index contributed by atoms with van der Waals surface area (Å²) in [7, 11) is 0. The molecule has 17 heavy (non-hydrogen) atoms. The Bertz CT molecular complexity index is 396. The highest BCUT2D eigenvalue weighted by Gasteiger charge is 2.09. The summed E-state index contributed by atoms with van der Waals surface area (Å²) in [5.74, 6) is 0.411. The summed E-state index contributed by atoms with van der Waals surface area (Å²) >= 11 is 3.35. The molecule has 0 saturated carbocycles. The van der Waals surface area contributed by atoms with Crippen molar-refractivity contribution in [2.75, 3.05) is 12.3 Å². The standard InChI is InChI=1S/C12H17BrN2O2/c1-7(2)15-11(16)6-17-12-8(3)4-9(13)5-10(12)14/h4-5,7H,6,14H2,1-3H3,(H,15,16). The molecule has 0 aliphatic rings. The highest BCUT2D eigenvalue weighted by atomic mass is 79.9. The molecular formula is C12H17BrN2O2. The summed E-state index contributed by atoms with van der Waals surface area (Å²) in [6, 6.07) is 3.75. The molecule has 0 saturated heterocycles. The van der Waals surface area contributed by atoms with Crippen LogP contribution in [0.2, 0.25) is 0 Å². The van der Waals surface area contributed by atoms with Gasteiger partial charge in [-0.1, -0.05) is 15.9 Å². The van der Waals surface area contributed by atoms with Crippen molar-refractivity contribution in [1.82, 2.24) is 5.32 Å². The van der Waals surface area contributed by atoms with Crippen LogP contribution in [0.15, 0.2) is 16.6 Å². The summed E-state index contributed by atoms with van der Waals surface area (Å²) in [6.45, 7) is 5.66. The van der Waals surface area contributed by atoms with Crippen LogP contribution in [-0.4, -0.2) is 18.6 Å². The first-order valence-electron chi connectivity index (χ1n) is 5.38. The molecule has 4 nitrogen and oxygen atoms in total. The van der Waals surface area contributed by atoms with Crippen molar-refractivity contribution in [2.24, 2.45) is 0 Å². The highest BCUT2D eigenvalue weighted by Crippen LogP contribution is 2.29. The van der Waals surface area contributed by atoms with Crippen molar-refractivity contribution in [3.05, 3.63) is 22.2 Å². The smallest absolute Gasteiger partial charge is 0.258 e. The number of nitrogens with one attached hydrogen (secondary N) is 1. The molecule has 1 aromatic carbocycles. The number of ether oxygens (including phenoxy) is 1. The average Bonchev–Trinajstić information content (AvgIpc) is 2.14. The molecular weight excluding hydrogens is 284 g/mol. The quantitative estimate of drug-likeness (QED) is 0.838. The normalized spacial score (nSPS) is 10.4. The molecule has 3 N–H and O–H groups in total. The van der Waals surface area contributed by atoms with Gasteiger partial charge in [0.1, 0.15) is 5.75 Å². The Morgan fingerprint density at radius 3 is 2.71 bits per heavy atom. The van der Waals surface area contributed by atoms with E-state index in [0.29, 0.717) is 11.4 Å². The number of carbonyl (C=O) groups is 1. The molecule has 0 heterocycles. The third-order valence-electron chi connectivity index (χ3n) is 2.07. The lowest BCUT2D eigenvalue weighted by Crippen LogP contribution is -2.34. The molecule has 0 fully saturated rings. The topological polar surface area (TPSA) is 64.3 Å². The van der Waals surface area contributed by atoms with Crippen molar-refractivity contribution in [3.63, 3.8) is 0 Å². The van der Waals surface area contributed by atoms with Gasteiger partial charge in [-0.25, -0.2) is 0 Å². The predicted octanol–water partition coefficient (Wildman–Crippen LogP) is 2.24. The van der Waals surface area contributed by atoms with Crippen LogP contribution in [0, 0.1) is 6.92 Å². The Kier molecular flexibility index (Phi) is 4.81. The maximum atomic E-state index is 11.4. The molecule has 1 rings (SSSR count). The van der Waals surface area contributed by atoms with Gasteiger partial charge in [-0.15, -0.1) is 0 Å². The molecule has 0 atom stereocenters. The largest absolute Gasteiger partial charge is 0.481 e. The predicted molar refractivity (Wildman–Crippen MR) is 72.1 cm³/mol. The second-order valence-electron chi connectivity index (χ2n) is 4.15. The summed E-state index contributed by atoms with van der Waals surface area (Å²) in [6.07, 6.45) is 0. The van der Waals surface area contributed by atoms with Gasteiger partial charge in [0.2, 0.25) is 0 Å². The van der Waals surface area contributed by atoms with E-state index in [9.17, 15) is 4.79 Å². The number of nitrogens with two attached hydrogens (primary N) is 1. The van der Waals surface area contributed by atoms with Gasteiger partial charge in [0.25, 0.3) is 5.91 Å². The van der Waals surface area contributed by atoms with Crippen LogP contribution in [0.1, 0.15) is 19.4 Å². The molecule has 0 spiro atoms. The zero-order valence-corrected chi connectivity index (χ0v) is 11.8. The van der Waals surface area contributed by atoms with E-state index in [-0.39, 0.29) is 18.6 Å². The van der Waals surface area contributed by atoms with E-state index in [1.54, 1.807) is 6.07 Å². The van der Waals surface area contributed by atoms with E-state index in [0.717, 1.165) is 10.0 Å². The molecule has 0 bridgehead atoms. The number of hydrogen-bond acceptors (Lipinski definition) is 3. The molecule has 1 amide bonds. The number of aryl methyl sites for hydroxylation is 1. The molecule has 0 aliphatic heterocycles. The first-order chi connectivity index (χ1) is 7.90. The van der Waals surface area contributed by atoms with Crippen molar-refractivity contribution in [1.29, 1.82) is 0 Å². The lowest BCUT2D eigenvalue weighted by atomic mass is 10.2. The third kappa shape index (κ3) is 4.26. The molecule has 1 aromatic rings. The van der Waals surface area contributed by atoms with Crippen LogP contribution in [0.25, 0.3) is 0 Å². The third-order valence-corrected chi connectivity index (χ3v) is 2.52. The lowest BCUT2D eigenvalue weighted by Gasteiger charge is -2.13. The number of nitrogen functional groups attached to an aromatic ring is 1. The van der Waals surface area contributed by atoms with Crippen LogP contribution in [0.3, 0.4) is 0 Å². The summed E-state index contributed by atoms with van der Waals surface area (Å²) < 4.78 is 6.32. The van der Waals surface area contributed by atoms with Crippen LogP contribution in [0.5, 0.6) is 5.75 Å². The maximum absolute atomic E-state index is 11.4. The van der Waals surface area contributed by atoms with Gasteiger partial charge in [-0.2, -0.15) is 0 Å². The molecule has 0 aliphatic carbocycles. The van der Waals surface area contributed by atoms with E-state index in [4.69, 9.17) is 10.5 Å². The highest BCUT2D eigenvalue weighted by molar-refractivity contribution is 9.10. The lowest BCUT2D eigenvalue weighted by molar-refractivity contribution is -0.123. The minimum absolute atomic E-state index is 0.0230. The van der Waals surface area contributed by atoms with E-state index < -0.39 is 0 Å². The Hall–Kier alpha value is -1.23. The summed E-state index contributed by atoms with van der Waals surface area (Å²) in [5.41, 5.74) is 7.24. The Morgan fingerprint density at radius 1 is 1.53 bits per heavy atom. The number of hydrogen-bond donors (Lipinski definition) is 2. The van der Waals surface area contributed by atoms with E-state index in [2.05, 4.69) is 21.2 Å². The Balaban J connectivity index is 2.67. The van der Waals surface area contributed by atoms with E-state index in [1.165, 1.54) is 0 Å². The van der Waals surface area contributed by atoms with Gasteiger partial charge in [0.05, 0.1) is 5.69 Å². The zero-order valence-electron chi connectivity index (χ0n) is 10.2. The van der Waals surface area contributed by atoms with E-state index in [1.807, 2.05) is 26.8 Å². The fourth-order valence-electron chi connectivity index (χ4n) is 1.45. The number of rotatable bonds is 4. The van der Waals surface area contributed by atoms with Gasteiger partial charge in [0, 0.05) is 10.5 Å². The molecule has 0 unspecified atom stereocenters. The first kappa shape index (κ1) is 13.8. The van der Waals surface area contributed by atoms with Crippen molar-refractivity contribution < 1.29 is 9.53 Å². The van der Waals surface area contributed by atoms with Crippen LogP contribution in [0.4, 0.5) is 5.69 Å². The Labute approximate surface area is 110 Å². The van der Waals surface area contributed by atoms with Crippen LogP contribution >= 0.6 is 15.9 Å². The van der Waals surface area contributed by atoms with Gasteiger partial charge < -0.3 is 15.8 Å².